The number of aryl methyl sites for hydroxylation is 1. The number of carbonyl (C=O) groups is 1. The Labute approximate surface area is 79.7 Å². The lowest BCUT2D eigenvalue weighted by molar-refractivity contribution is 0.112. The van der Waals surface area contributed by atoms with E-state index in [0.717, 1.165) is 16.3 Å². The fraction of sp³-hybridized carbons (Fsp3) is 0.222. The molecule has 0 heterocycles. The molecule has 1 aromatic carbocycles. The molecule has 12 heavy (non-hydrogen) atoms. The van der Waals surface area contributed by atoms with Gasteiger partial charge in [0.2, 0.25) is 0 Å². The van der Waals surface area contributed by atoms with Gasteiger partial charge in [-0.1, -0.05) is 0 Å². The van der Waals surface area contributed by atoms with Crippen LogP contribution in [0.4, 0.5) is 0 Å². The molecular formula is C9H9BrO2. The molecule has 0 saturated heterocycles. The van der Waals surface area contributed by atoms with Gasteiger partial charge in [0.1, 0.15) is 5.75 Å². The van der Waals surface area contributed by atoms with Gasteiger partial charge >= 0.3 is 0 Å². The highest BCUT2D eigenvalue weighted by atomic mass is 79.9. The van der Waals surface area contributed by atoms with Crippen LogP contribution >= 0.6 is 15.9 Å². The van der Waals surface area contributed by atoms with E-state index in [2.05, 4.69) is 15.9 Å². The third kappa shape index (κ3) is 1.67. The first-order chi connectivity index (χ1) is 5.69. The Morgan fingerprint density at radius 2 is 2.17 bits per heavy atom. The lowest BCUT2D eigenvalue weighted by Crippen LogP contribution is -1.92. The van der Waals surface area contributed by atoms with Crippen LogP contribution in [0.15, 0.2) is 16.6 Å². The van der Waals surface area contributed by atoms with Gasteiger partial charge in [0.15, 0.2) is 6.29 Å². The maximum Gasteiger partial charge on any atom is 0.154 e. The van der Waals surface area contributed by atoms with Gasteiger partial charge in [-0.05, 0) is 40.5 Å². The van der Waals surface area contributed by atoms with E-state index >= 15 is 0 Å². The average molecular weight is 229 g/mol. The van der Waals surface area contributed by atoms with Crippen LogP contribution in [0.2, 0.25) is 0 Å². The van der Waals surface area contributed by atoms with Crippen molar-refractivity contribution in [2.45, 2.75) is 6.92 Å². The molecule has 0 bridgehead atoms. The first-order valence-electron chi connectivity index (χ1n) is 3.48. The summed E-state index contributed by atoms with van der Waals surface area (Å²) >= 11 is 3.29. The van der Waals surface area contributed by atoms with Crippen LogP contribution < -0.4 is 4.74 Å². The van der Waals surface area contributed by atoms with Crippen molar-refractivity contribution in [2.24, 2.45) is 0 Å². The van der Waals surface area contributed by atoms with Crippen molar-refractivity contribution in [1.82, 2.24) is 0 Å². The SMILES string of the molecule is COc1cc(C)cc(Br)c1C=O. The van der Waals surface area contributed by atoms with Gasteiger partial charge in [0.25, 0.3) is 0 Å². The smallest absolute Gasteiger partial charge is 0.154 e. The summed E-state index contributed by atoms with van der Waals surface area (Å²) in [5.41, 5.74) is 1.62. The highest BCUT2D eigenvalue weighted by Gasteiger charge is 2.06. The van der Waals surface area contributed by atoms with E-state index in [4.69, 9.17) is 4.74 Å². The number of carbonyl (C=O) groups excluding carboxylic acids is 1. The zero-order valence-electron chi connectivity index (χ0n) is 6.93. The standard InChI is InChI=1S/C9H9BrO2/c1-6-3-8(10)7(5-11)9(4-6)12-2/h3-5H,1-2H3. The summed E-state index contributed by atoms with van der Waals surface area (Å²) in [6, 6.07) is 3.71. The second-order valence-electron chi connectivity index (χ2n) is 2.48. The number of benzene rings is 1. The monoisotopic (exact) mass is 228 g/mol. The molecule has 0 aliphatic carbocycles. The van der Waals surface area contributed by atoms with Crippen molar-refractivity contribution in [3.63, 3.8) is 0 Å². The van der Waals surface area contributed by atoms with Gasteiger partial charge in [-0.3, -0.25) is 4.79 Å². The predicted molar refractivity (Wildman–Crippen MR) is 50.8 cm³/mol. The molecule has 0 unspecified atom stereocenters. The van der Waals surface area contributed by atoms with E-state index in [1.807, 2.05) is 19.1 Å². The number of aldehydes is 1. The molecule has 0 aromatic heterocycles. The Balaban J connectivity index is 3.33. The van der Waals surface area contributed by atoms with Crippen molar-refractivity contribution in [3.05, 3.63) is 27.7 Å². The molecule has 0 spiro atoms. The Morgan fingerprint density at radius 1 is 1.50 bits per heavy atom. The molecule has 3 heteroatoms. The van der Waals surface area contributed by atoms with Gasteiger partial charge in [-0.15, -0.1) is 0 Å². The van der Waals surface area contributed by atoms with E-state index in [1.54, 1.807) is 7.11 Å². The number of hydrogen-bond donors (Lipinski definition) is 0. The molecule has 1 aromatic rings. The van der Waals surface area contributed by atoms with Crippen molar-refractivity contribution >= 4 is 22.2 Å². The van der Waals surface area contributed by atoms with E-state index in [0.29, 0.717) is 11.3 Å². The molecule has 0 amide bonds. The van der Waals surface area contributed by atoms with Crippen molar-refractivity contribution in [1.29, 1.82) is 0 Å². The molecule has 0 N–H and O–H groups in total. The van der Waals surface area contributed by atoms with Crippen LogP contribution in [0.1, 0.15) is 15.9 Å². The summed E-state index contributed by atoms with van der Waals surface area (Å²) in [6.45, 7) is 1.95. The first kappa shape index (κ1) is 9.26. The molecule has 0 saturated carbocycles. The maximum atomic E-state index is 10.6. The number of halogens is 1. The van der Waals surface area contributed by atoms with Crippen LogP contribution in [0.5, 0.6) is 5.75 Å². The van der Waals surface area contributed by atoms with Gasteiger partial charge < -0.3 is 4.74 Å². The molecule has 1 rings (SSSR count). The number of methoxy groups -OCH3 is 1. The predicted octanol–water partition coefficient (Wildman–Crippen LogP) is 2.58. The summed E-state index contributed by atoms with van der Waals surface area (Å²) in [5.74, 6) is 0.608. The largest absolute Gasteiger partial charge is 0.496 e. The van der Waals surface area contributed by atoms with Crippen LogP contribution in [0.25, 0.3) is 0 Å². The Kier molecular flexibility index (Phi) is 2.87. The number of rotatable bonds is 2. The minimum Gasteiger partial charge on any atom is -0.496 e. The van der Waals surface area contributed by atoms with E-state index in [-0.39, 0.29) is 0 Å². The van der Waals surface area contributed by atoms with Crippen molar-refractivity contribution in [3.8, 4) is 5.75 Å². The minimum absolute atomic E-state index is 0.558. The molecule has 0 aliphatic heterocycles. The third-order valence-corrected chi connectivity index (χ3v) is 2.23. The summed E-state index contributed by atoms with van der Waals surface area (Å²) in [7, 11) is 1.55. The van der Waals surface area contributed by atoms with E-state index in [1.165, 1.54) is 0 Å². The van der Waals surface area contributed by atoms with Gasteiger partial charge in [0.05, 0.1) is 12.7 Å². The average Bonchev–Trinajstić information content (AvgIpc) is 2.03. The summed E-state index contributed by atoms with van der Waals surface area (Å²) in [6.07, 6.45) is 0.780. The quantitative estimate of drug-likeness (QED) is 0.728. The van der Waals surface area contributed by atoms with Gasteiger partial charge in [-0.25, -0.2) is 0 Å². The number of ether oxygens (including phenoxy) is 1. The van der Waals surface area contributed by atoms with E-state index in [9.17, 15) is 4.79 Å². The Morgan fingerprint density at radius 3 is 2.67 bits per heavy atom. The normalized spacial score (nSPS) is 9.58. The second-order valence-corrected chi connectivity index (χ2v) is 3.33. The van der Waals surface area contributed by atoms with E-state index < -0.39 is 0 Å². The minimum atomic E-state index is 0.558. The Hall–Kier alpha value is -0.830. The zero-order valence-corrected chi connectivity index (χ0v) is 8.51. The fourth-order valence-corrected chi connectivity index (χ4v) is 1.65. The topological polar surface area (TPSA) is 26.3 Å². The second kappa shape index (κ2) is 3.72. The maximum absolute atomic E-state index is 10.6. The molecular weight excluding hydrogens is 220 g/mol. The highest BCUT2D eigenvalue weighted by Crippen LogP contribution is 2.26. The molecule has 2 nitrogen and oxygen atoms in total. The van der Waals surface area contributed by atoms with Crippen molar-refractivity contribution in [2.75, 3.05) is 7.11 Å². The Bertz CT molecular complexity index is 308. The van der Waals surface area contributed by atoms with Crippen molar-refractivity contribution < 1.29 is 9.53 Å². The zero-order chi connectivity index (χ0) is 9.14. The molecule has 0 radical (unpaired) electrons. The fourth-order valence-electron chi connectivity index (χ4n) is 1.00. The summed E-state index contributed by atoms with van der Waals surface area (Å²) < 4.78 is 5.81. The van der Waals surface area contributed by atoms with Crippen LogP contribution in [0, 0.1) is 6.92 Å². The summed E-state index contributed by atoms with van der Waals surface area (Å²) in [4.78, 5) is 10.6. The van der Waals surface area contributed by atoms with Gasteiger partial charge in [-0.2, -0.15) is 0 Å². The third-order valence-electron chi connectivity index (χ3n) is 1.57. The van der Waals surface area contributed by atoms with Gasteiger partial charge in [0, 0.05) is 4.47 Å². The lowest BCUT2D eigenvalue weighted by Gasteiger charge is -2.06. The molecule has 0 atom stereocenters. The first-order valence-corrected chi connectivity index (χ1v) is 4.27. The lowest BCUT2D eigenvalue weighted by atomic mass is 10.1. The van der Waals surface area contributed by atoms with Crippen LogP contribution in [-0.2, 0) is 0 Å². The molecule has 64 valence electrons. The van der Waals surface area contributed by atoms with Crippen LogP contribution in [-0.4, -0.2) is 13.4 Å². The number of hydrogen-bond acceptors (Lipinski definition) is 2. The molecule has 0 aliphatic rings. The highest BCUT2D eigenvalue weighted by molar-refractivity contribution is 9.10. The van der Waals surface area contributed by atoms with Crippen LogP contribution in [0.3, 0.4) is 0 Å². The molecule has 0 fully saturated rings. The summed E-state index contributed by atoms with van der Waals surface area (Å²) in [5, 5.41) is 0.